The van der Waals surface area contributed by atoms with Crippen LogP contribution in [0.4, 0.5) is 13.2 Å². The van der Waals surface area contributed by atoms with Crippen molar-refractivity contribution >= 4 is 46.4 Å². The standard InChI is InChI=1S/C20H11Cl2F3O2S/c21-18-12(4-8-16(27)19(18)22)3-7-15(26)17-9-13(10-28-17)11-1-5-14(6-2-11)20(23,24)25/h1-10,27H. The quantitative estimate of drug-likeness (QED) is 0.338. The molecule has 0 bridgehead atoms. The van der Waals surface area contributed by atoms with E-state index in [1.165, 1.54) is 47.8 Å². The summed E-state index contributed by atoms with van der Waals surface area (Å²) in [6.07, 6.45) is -1.60. The largest absolute Gasteiger partial charge is 0.506 e. The second-order valence-electron chi connectivity index (χ2n) is 5.77. The number of allylic oxidation sites excluding steroid dienone is 1. The molecule has 3 aromatic rings. The number of hydrogen-bond acceptors (Lipinski definition) is 3. The third-order valence-corrected chi connectivity index (χ3v) is 5.73. The maximum absolute atomic E-state index is 12.7. The van der Waals surface area contributed by atoms with Crippen molar-refractivity contribution in [1.82, 2.24) is 0 Å². The van der Waals surface area contributed by atoms with Gasteiger partial charge in [0.1, 0.15) is 10.8 Å². The molecule has 2 nitrogen and oxygen atoms in total. The summed E-state index contributed by atoms with van der Waals surface area (Å²) in [4.78, 5) is 12.8. The fourth-order valence-corrected chi connectivity index (χ4v) is 3.63. The topological polar surface area (TPSA) is 37.3 Å². The Morgan fingerprint density at radius 2 is 1.68 bits per heavy atom. The maximum atomic E-state index is 12.7. The second-order valence-corrected chi connectivity index (χ2v) is 7.44. The van der Waals surface area contributed by atoms with Crippen molar-refractivity contribution in [3.8, 4) is 16.9 Å². The van der Waals surface area contributed by atoms with Gasteiger partial charge in [0, 0.05) is 0 Å². The third-order valence-electron chi connectivity index (χ3n) is 3.89. The van der Waals surface area contributed by atoms with Gasteiger partial charge in [0.2, 0.25) is 0 Å². The Morgan fingerprint density at radius 1 is 1.00 bits per heavy atom. The van der Waals surface area contributed by atoms with E-state index >= 15 is 0 Å². The van der Waals surface area contributed by atoms with Crippen LogP contribution in [0.3, 0.4) is 0 Å². The maximum Gasteiger partial charge on any atom is 0.416 e. The van der Waals surface area contributed by atoms with Crippen LogP contribution in [-0.2, 0) is 6.18 Å². The minimum Gasteiger partial charge on any atom is -0.506 e. The fraction of sp³-hybridized carbons (Fsp3) is 0.0500. The van der Waals surface area contributed by atoms with Crippen molar-refractivity contribution in [2.45, 2.75) is 6.18 Å². The van der Waals surface area contributed by atoms with E-state index in [1.807, 2.05) is 0 Å². The normalized spacial score (nSPS) is 11.9. The zero-order valence-electron chi connectivity index (χ0n) is 13.9. The van der Waals surface area contributed by atoms with Gasteiger partial charge < -0.3 is 5.11 Å². The lowest BCUT2D eigenvalue weighted by Gasteiger charge is -2.06. The molecule has 0 aliphatic rings. The molecule has 2 aromatic carbocycles. The second kappa shape index (κ2) is 7.99. The van der Waals surface area contributed by atoms with Crippen molar-refractivity contribution in [1.29, 1.82) is 0 Å². The molecule has 0 spiro atoms. The highest BCUT2D eigenvalue weighted by atomic mass is 35.5. The summed E-state index contributed by atoms with van der Waals surface area (Å²) in [6, 6.07) is 9.25. The summed E-state index contributed by atoms with van der Waals surface area (Å²) in [5.41, 5.74) is 0.981. The number of carbonyl (C=O) groups excluding carboxylic acids is 1. The molecule has 0 atom stereocenters. The number of phenols is 1. The molecule has 8 heteroatoms. The van der Waals surface area contributed by atoms with E-state index < -0.39 is 11.7 Å². The van der Waals surface area contributed by atoms with Crippen molar-refractivity contribution in [2.75, 3.05) is 0 Å². The van der Waals surface area contributed by atoms with Crippen LogP contribution in [0.25, 0.3) is 17.2 Å². The third kappa shape index (κ3) is 4.41. The van der Waals surface area contributed by atoms with Crippen LogP contribution in [0.5, 0.6) is 5.75 Å². The van der Waals surface area contributed by atoms with Gasteiger partial charge >= 0.3 is 6.18 Å². The number of aromatic hydroxyl groups is 1. The van der Waals surface area contributed by atoms with E-state index in [0.717, 1.165) is 12.1 Å². The minimum absolute atomic E-state index is 0.00280. The summed E-state index contributed by atoms with van der Waals surface area (Å²) in [5, 5.41) is 11.3. The Labute approximate surface area is 172 Å². The van der Waals surface area contributed by atoms with Gasteiger partial charge in [-0.25, -0.2) is 0 Å². The number of phenolic OH excluding ortho intramolecular Hbond substituents is 1. The van der Waals surface area contributed by atoms with Crippen LogP contribution in [-0.4, -0.2) is 10.9 Å². The monoisotopic (exact) mass is 442 g/mol. The Hall–Kier alpha value is -2.28. The van der Waals surface area contributed by atoms with Crippen LogP contribution in [0.15, 0.2) is 53.9 Å². The van der Waals surface area contributed by atoms with Crippen molar-refractivity contribution in [3.05, 3.63) is 80.0 Å². The molecule has 1 heterocycles. The lowest BCUT2D eigenvalue weighted by atomic mass is 10.1. The molecule has 0 unspecified atom stereocenters. The molecule has 3 rings (SSSR count). The predicted octanol–water partition coefficient (Wildman–Crippen LogP) is 7.34. The number of rotatable bonds is 4. The first kappa shape index (κ1) is 20.5. The van der Waals surface area contributed by atoms with Gasteiger partial charge in [-0.3, -0.25) is 4.79 Å². The molecule has 0 aliphatic carbocycles. The fourth-order valence-electron chi connectivity index (χ4n) is 2.40. The number of carbonyl (C=O) groups is 1. The summed E-state index contributed by atoms with van der Waals surface area (Å²) >= 11 is 13.1. The summed E-state index contributed by atoms with van der Waals surface area (Å²) < 4.78 is 38.0. The van der Waals surface area contributed by atoms with E-state index in [1.54, 1.807) is 11.4 Å². The van der Waals surface area contributed by atoms with Gasteiger partial charge in [0.15, 0.2) is 5.78 Å². The number of hydrogen-bond donors (Lipinski definition) is 1. The average molecular weight is 443 g/mol. The molecule has 1 aromatic heterocycles. The van der Waals surface area contributed by atoms with Crippen molar-refractivity contribution in [3.63, 3.8) is 0 Å². The number of benzene rings is 2. The molecule has 0 fully saturated rings. The highest BCUT2D eigenvalue weighted by molar-refractivity contribution is 7.12. The molecule has 0 radical (unpaired) electrons. The molecule has 28 heavy (non-hydrogen) atoms. The molecular formula is C20H11Cl2F3O2S. The molecule has 0 saturated carbocycles. The number of halogens is 5. The van der Waals surface area contributed by atoms with E-state index in [-0.39, 0.29) is 21.6 Å². The molecule has 1 N–H and O–H groups in total. The predicted molar refractivity (Wildman–Crippen MR) is 106 cm³/mol. The number of ketones is 1. The molecule has 144 valence electrons. The van der Waals surface area contributed by atoms with Gasteiger partial charge in [-0.05, 0) is 64.6 Å². The summed E-state index contributed by atoms with van der Waals surface area (Å²) in [6.45, 7) is 0. The van der Waals surface area contributed by atoms with E-state index in [2.05, 4.69) is 0 Å². The van der Waals surface area contributed by atoms with E-state index in [4.69, 9.17) is 23.2 Å². The van der Waals surface area contributed by atoms with Gasteiger partial charge in [-0.1, -0.05) is 35.3 Å². The Morgan fingerprint density at radius 3 is 2.32 bits per heavy atom. The van der Waals surface area contributed by atoms with E-state index in [9.17, 15) is 23.1 Å². The molecular weight excluding hydrogens is 432 g/mol. The highest BCUT2D eigenvalue weighted by Crippen LogP contribution is 2.35. The smallest absolute Gasteiger partial charge is 0.416 e. The van der Waals surface area contributed by atoms with Gasteiger partial charge in [0.05, 0.1) is 15.5 Å². The SMILES string of the molecule is O=C(C=Cc1ccc(O)c(Cl)c1Cl)c1cc(-c2ccc(C(F)(F)F)cc2)cs1. The van der Waals surface area contributed by atoms with Gasteiger partial charge in [-0.15, -0.1) is 11.3 Å². The van der Waals surface area contributed by atoms with Crippen LogP contribution in [0.1, 0.15) is 20.8 Å². The van der Waals surface area contributed by atoms with Gasteiger partial charge in [0.25, 0.3) is 0 Å². The van der Waals surface area contributed by atoms with Gasteiger partial charge in [-0.2, -0.15) is 13.2 Å². The van der Waals surface area contributed by atoms with Crippen LogP contribution >= 0.6 is 34.5 Å². The zero-order valence-corrected chi connectivity index (χ0v) is 16.3. The first-order chi connectivity index (χ1) is 13.2. The summed E-state index contributed by atoms with van der Waals surface area (Å²) in [5.74, 6) is -0.446. The van der Waals surface area contributed by atoms with Crippen molar-refractivity contribution in [2.24, 2.45) is 0 Å². The number of alkyl halides is 3. The lowest BCUT2D eigenvalue weighted by Crippen LogP contribution is -2.03. The number of thiophene rings is 1. The van der Waals surface area contributed by atoms with E-state index in [0.29, 0.717) is 21.6 Å². The Kier molecular flexibility index (Phi) is 5.84. The average Bonchev–Trinajstić information content (AvgIpc) is 3.15. The first-order valence-electron chi connectivity index (χ1n) is 7.82. The Balaban J connectivity index is 1.78. The summed E-state index contributed by atoms with van der Waals surface area (Å²) in [7, 11) is 0. The molecule has 0 saturated heterocycles. The van der Waals surface area contributed by atoms with Crippen molar-refractivity contribution < 1.29 is 23.1 Å². The Bertz CT molecular complexity index is 1050. The first-order valence-corrected chi connectivity index (χ1v) is 9.46. The zero-order chi connectivity index (χ0) is 20.5. The lowest BCUT2D eigenvalue weighted by molar-refractivity contribution is -0.137. The van der Waals surface area contributed by atoms with Crippen LogP contribution in [0, 0.1) is 0 Å². The highest BCUT2D eigenvalue weighted by Gasteiger charge is 2.30. The van der Waals surface area contributed by atoms with Crippen LogP contribution < -0.4 is 0 Å². The minimum atomic E-state index is -4.39. The molecule has 0 amide bonds. The molecule has 0 aliphatic heterocycles. The van der Waals surface area contributed by atoms with Crippen LogP contribution in [0.2, 0.25) is 10.0 Å².